The molecule has 17 nitrogen and oxygen atoms in total. The second-order valence-electron chi connectivity index (χ2n) is 9.52. The van der Waals surface area contributed by atoms with Crippen molar-refractivity contribution in [3.8, 4) is 5.75 Å². The van der Waals surface area contributed by atoms with E-state index < -0.39 is 114 Å². The van der Waals surface area contributed by atoms with Gasteiger partial charge >= 0.3 is 23.0 Å². The topological polar surface area (TPSA) is 264 Å². The first kappa shape index (κ1) is 33.2. The monoisotopic (exact) mass is 643 g/mol. The first-order chi connectivity index (χ1) is 20.2. The lowest BCUT2D eigenvalue weighted by atomic mass is 9.96. The maximum atomic E-state index is 14.1. The second-order valence-corrected chi connectivity index (χ2v) is 10.1. The Balaban J connectivity index is 1.63. The zero-order valence-corrected chi connectivity index (χ0v) is 22.6. The molecular formula is C23H27F2NO16S. The lowest BCUT2D eigenvalue weighted by molar-refractivity contribution is -0.336. The summed E-state index contributed by atoms with van der Waals surface area (Å²) in [4.78, 5) is 24.0. The number of halogens is 2. The summed E-state index contributed by atoms with van der Waals surface area (Å²) < 4.78 is 78.7. The highest BCUT2D eigenvalue weighted by Crippen LogP contribution is 2.38. The van der Waals surface area contributed by atoms with Gasteiger partial charge in [-0.3, -0.25) is 4.55 Å². The molecule has 11 atom stereocenters. The van der Waals surface area contributed by atoms with Crippen molar-refractivity contribution in [2.45, 2.75) is 74.7 Å². The van der Waals surface area contributed by atoms with E-state index in [0.717, 1.165) is 12.1 Å². The van der Waals surface area contributed by atoms with E-state index in [9.17, 15) is 53.2 Å². The van der Waals surface area contributed by atoms with Crippen molar-refractivity contribution in [3.05, 3.63) is 39.7 Å². The summed E-state index contributed by atoms with van der Waals surface area (Å²) in [5.41, 5.74) is -0.186. The summed E-state index contributed by atoms with van der Waals surface area (Å²) in [6.45, 7) is 0.588. The second kappa shape index (κ2) is 13.5. The lowest BCUT2D eigenvalue weighted by Crippen LogP contribution is -2.67. The van der Waals surface area contributed by atoms with Gasteiger partial charge in [0, 0.05) is 11.5 Å². The van der Waals surface area contributed by atoms with Crippen molar-refractivity contribution in [1.29, 1.82) is 0 Å². The number of nitrogens with one attached hydrogen (secondary N) is 1. The van der Waals surface area contributed by atoms with Crippen LogP contribution in [0.25, 0.3) is 11.0 Å². The number of carboxylic acid groups (broad SMARTS) is 1. The zero-order chi connectivity index (χ0) is 31.7. The molecule has 0 radical (unpaired) electrons. The molecule has 0 spiro atoms. The molecule has 20 heteroatoms. The van der Waals surface area contributed by atoms with Crippen molar-refractivity contribution < 1.29 is 80.6 Å². The van der Waals surface area contributed by atoms with Crippen LogP contribution in [0.15, 0.2) is 27.4 Å². The molecule has 1 unspecified atom stereocenters. The molecule has 4 rings (SSSR count). The molecule has 240 valence electrons. The average Bonchev–Trinajstić information content (AvgIpc) is 2.93. The Kier molecular flexibility index (Phi) is 10.4. The molecule has 2 aliphatic rings. The zero-order valence-electron chi connectivity index (χ0n) is 21.8. The fraction of sp³-hybridized carbons (Fsp3) is 0.565. The van der Waals surface area contributed by atoms with Crippen LogP contribution >= 0.6 is 0 Å². The maximum Gasteiger partial charge on any atom is 0.336 e. The van der Waals surface area contributed by atoms with Crippen LogP contribution in [0.2, 0.25) is 0 Å². The number of hydrogen-bond donors (Lipinski definition) is 8. The fourth-order valence-electron chi connectivity index (χ4n) is 4.68. The Hall–Kier alpha value is -2.73. The highest BCUT2D eigenvalue weighted by molar-refractivity contribution is 7.74. The summed E-state index contributed by atoms with van der Waals surface area (Å²) in [6.07, 6.45) is -21.3. The number of rotatable bonds is 10. The number of carbonyl (C=O) groups is 1. The van der Waals surface area contributed by atoms with E-state index in [-0.39, 0.29) is 5.39 Å². The third-order valence-electron chi connectivity index (χ3n) is 6.79. The van der Waals surface area contributed by atoms with Crippen LogP contribution in [0.1, 0.15) is 17.6 Å². The molecule has 2 aromatic rings. The van der Waals surface area contributed by atoms with Gasteiger partial charge in [-0.25, -0.2) is 18.4 Å². The Morgan fingerprint density at radius 2 is 1.79 bits per heavy atom. The van der Waals surface area contributed by atoms with Gasteiger partial charge in [0.05, 0.1) is 6.61 Å². The molecule has 8 N–H and O–H groups in total. The number of aryl methyl sites for hydroxylation is 1. The Morgan fingerprint density at radius 3 is 2.40 bits per heavy atom. The molecule has 43 heavy (non-hydrogen) atoms. The third-order valence-corrected chi connectivity index (χ3v) is 7.03. The number of alkyl halides is 2. The van der Waals surface area contributed by atoms with E-state index >= 15 is 0 Å². The van der Waals surface area contributed by atoms with Crippen LogP contribution in [0.4, 0.5) is 8.78 Å². The number of aliphatic carboxylic acids is 1. The van der Waals surface area contributed by atoms with Gasteiger partial charge in [0.15, 0.2) is 18.0 Å². The van der Waals surface area contributed by atoms with Crippen LogP contribution in [0, 0.1) is 6.92 Å². The Labute approximate surface area is 241 Å². The van der Waals surface area contributed by atoms with Gasteiger partial charge in [-0.1, -0.05) is 0 Å². The molecule has 1 aromatic heterocycles. The highest BCUT2D eigenvalue weighted by atomic mass is 32.2. The van der Waals surface area contributed by atoms with E-state index in [0.29, 0.717) is 5.56 Å². The molecule has 0 saturated carbocycles. The van der Waals surface area contributed by atoms with Gasteiger partial charge in [0.2, 0.25) is 6.29 Å². The number of benzene rings is 1. The largest absolute Gasteiger partial charge is 0.479 e. The van der Waals surface area contributed by atoms with Crippen molar-refractivity contribution in [3.63, 3.8) is 0 Å². The Bertz CT molecular complexity index is 1400. The average molecular weight is 644 g/mol. The van der Waals surface area contributed by atoms with Crippen LogP contribution in [0.3, 0.4) is 0 Å². The van der Waals surface area contributed by atoms with E-state index in [1.807, 2.05) is 5.48 Å². The van der Waals surface area contributed by atoms with Crippen LogP contribution in [-0.4, -0.2) is 113 Å². The van der Waals surface area contributed by atoms with Gasteiger partial charge in [0.1, 0.15) is 54.0 Å². The summed E-state index contributed by atoms with van der Waals surface area (Å²) in [7, 11) is 0. The normalized spacial score (nSPS) is 33.9. The summed E-state index contributed by atoms with van der Waals surface area (Å²) >= 11 is -2.96. The van der Waals surface area contributed by atoms with Gasteiger partial charge in [-0.15, -0.1) is 0 Å². The van der Waals surface area contributed by atoms with Crippen molar-refractivity contribution >= 4 is 28.3 Å². The van der Waals surface area contributed by atoms with Gasteiger partial charge < -0.3 is 54.0 Å². The quantitative estimate of drug-likeness (QED) is 0.0775. The summed E-state index contributed by atoms with van der Waals surface area (Å²) in [6, 6.07) is 1.64. The van der Waals surface area contributed by atoms with Crippen molar-refractivity contribution in [1.82, 2.24) is 5.48 Å². The van der Waals surface area contributed by atoms with Gasteiger partial charge in [0.25, 0.3) is 6.43 Å². The van der Waals surface area contributed by atoms with Crippen molar-refractivity contribution in [2.75, 3.05) is 6.61 Å². The van der Waals surface area contributed by atoms with Crippen LogP contribution in [-0.2, 0) is 34.7 Å². The molecule has 3 heterocycles. The van der Waals surface area contributed by atoms with E-state index in [1.54, 1.807) is 0 Å². The number of carboxylic acids is 1. The van der Waals surface area contributed by atoms with Crippen molar-refractivity contribution in [2.24, 2.45) is 0 Å². The molecule has 0 amide bonds. The highest BCUT2D eigenvalue weighted by Gasteiger charge is 2.54. The molecule has 2 fully saturated rings. The molecule has 2 aliphatic heterocycles. The first-order valence-electron chi connectivity index (χ1n) is 12.3. The molecule has 0 bridgehead atoms. The standard InChI is InChI=1S/C23H27F2NO16S/c1-6-4-10(28)39-17-7(6)2-3-8(11(17)20(24)25)37-23-16(32)15(31)18(19(41-23)21(33)34)40-22-12(26-42-43(35)36)14(30)13(29)9(5-27)38-22/h2-4,9,12-16,18-20,22-23,26-27,29-32H,5H2,1H3,(H,33,34)(H,35,36)/t9-,12-,13-,14-,15-,16-,18+,19+,22-,23-/m1/s1. The fourth-order valence-corrected chi connectivity index (χ4v) is 4.87. The number of aliphatic hydroxyl groups excluding tert-OH is 5. The van der Waals surface area contributed by atoms with E-state index in [4.69, 9.17) is 27.9 Å². The van der Waals surface area contributed by atoms with E-state index in [2.05, 4.69) is 4.28 Å². The van der Waals surface area contributed by atoms with Crippen LogP contribution in [0.5, 0.6) is 5.75 Å². The maximum absolute atomic E-state index is 14.1. The first-order valence-corrected chi connectivity index (χ1v) is 13.4. The third kappa shape index (κ3) is 6.84. The number of fused-ring (bicyclic) bond motifs is 1. The van der Waals surface area contributed by atoms with Gasteiger partial charge in [-0.05, 0) is 24.6 Å². The Morgan fingerprint density at radius 1 is 1.09 bits per heavy atom. The molecular weight excluding hydrogens is 616 g/mol. The molecule has 0 aliphatic carbocycles. The SMILES string of the molecule is Cc1cc(=O)oc2c(C(F)F)c(O[C@@H]3O[C@H](C(=O)O)[C@@H](O[C@H]4O[C@H](CO)[C@@H](O)[C@H](O)[C@H]4NOS(=O)O)[C@H](O)[C@H]3O)ccc12. The summed E-state index contributed by atoms with van der Waals surface area (Å²) in [5, 5.41) is 61.6. The summed E-state index contributed by atoms with van der Waals surface area (Å²) in [5.74, 6) is -2.49. The number of aliphatic hydroxyl groups is 5. The number of hydroxylamine groups is 1. The lowest BCUT2D eigenvalue weighted by Gasteiger charge is -2.46. The number of hydrogen-bond acceptors (Lipinski definition) is 15. The smallest absolute Gasteiger partial charge is 0.336 e. The van der Waals surface area contributed by atoms with Gasteiger partial charge in [-0.2, -0.15) is 14.0 Å². The minimum Gasteiger partial charge on any atom is -0.479 e. The minimum absolute atomic E-state index is 0.141. The number of ether oxygens (including phenoxy) is 4. The predicted molar refractivity (Wildman–Crippen MR) is 133 cm³/mol. The van der Waals surface area contributed by atoms with E-state index in [1.165, 1.54) is 13.0 Å². The minimum atomic E-state index is -3.29. The molecule has 2 saturated heterocycles. The molecule has 1 aromatic carbocycles. The van der Waals surface area contributed by atoms with Crippen LogP contribution < -0.4 is 15.8 Å². The predicted octanol–water partition coefficient (Wildman–Crippen LogP) is -2.20.